The minimum atomic E-state index is 0.821. The van der Waals surface area contributed by atoms with Gasteiger partial charge in [0.25, 0.3) is 0 Å². The smallest absolute Gasteiger partial charge is 0.138 e. The third-order valence-electron chi connectivity index (χ3n) is 4.66. The summed E-state index contributed by atoms with van der Waals surface area (Å²) in [6.07, 6.45) is 0. The highest BCUT2D eigenvalue weighted by molar-refractivity contribution is 5.95. The van der Waals surface area contributed by atoms with Crippen molar-refractivity contribution < 1.29 is 4.74 Å². The van der Waals surface area contributed by atoms with Crippen LogP contribution in [0, 0.1) is 13.8 Å². The van der Waals surface area contributed by atoms with Crippen LogP contribution in [0.25, 0.3) is 33.5 Å². The van der Waals surface area contributed by atoms with Crippen LogP contribution >= 0.6 is 0 Å². The first-order valence-electron chi connectivity index (χ1n) is 8.36. The van der Waals surface area contributed by atoms with Gasteiger partial charge in [-0.05, 0) is 42.7 Å². The lowest BCUT2D eigenvalue weighted by Gasteiger charge is -2.06. The summed E-state index contributed by atoms with van der Waals surface area (Å²) in [5.74, 6) is 1.70. The molecule has 0 saturated heterocycles. The number of aryl methyl sites for hydroxylation is 2. The number of hydrogen-bond acceptors (Lipinski definition) is 2. The minimum absolute atomic E-state index is 0.821. The second-order valence-corrected chi connectivity index (χ2v) is 6.32. The molecule has 25 heavy (non-hydrogen) atoms. The number of nitrogens with one attached hydrogen (secondary N) is 1. The van der Waals surface area contributed by atoms with Crippen LogP contribution in [0.1, 0.15) is 11.1 Å². The molecule has 3 heteroatoms. The number of rotatable bonds is 3. The van der Waals surface area contributed by atoms with Crippen LogP contribution in [-0.4, -0.2) is 17.1 Å². The highest BCUT2D eigenvalue weighted by Crippen LogP contribution is 2.33. The number of fused-ring (bicyclic) bond motifs is 1. The number of nitrogens with zero attached hydrogens (tertiary/aromatic N) is 1. The maximum Gasteiger partial charge on any atom is 0.138 e. The van der Waals surface area contributed by atoms with Gasteiger partial charge in [0.15, 0.2) is 0 Å². The van der Waals surface area contributed by atoms with Gasteiger partial charge in [0.1, 0.15) is 11.6 Å². The molecule has 0 aliphatic heterocycles. The van der Waals surface area contributed by atoms with Crippen molar-refractivity contribution in [2.45, 2.75) is 13.8 Å². The van der Waals surface area contributed by atoms with E-state index in [0.717, 1.165) is 39.3 Å². The lowest BCUT2D eigenvalue weighted by atomic mass is 10.0. The Kier molecular flexibility index (Phi) is 3.77. The molecule has 0 amide bonds. The zero-order chi connectivity index (χ0) is 17.4. The van der Waals surface area contributed by atoms with E-state index in [1.165, 1.54) is 11.1 Å². The van der Waals surface area contributed by atoms with Gasteiger partial charge in [-0.3, -0.25) is 0 Å². The normalized spacial score (nSPS) is 11.0. The Bertz CT molecular complexity index is 1050. The molecule has 1 N–H and O–H groups in total. The largest absolute Gasteiger partial charge is 0.497 e. The molecule has 0 spiro atoms. The summed E-state index contributed by atoms with van der Waals surface area (Å²) < 4.78 is 5.49. The Morgan fingerprint density at radius 1 is 0.840 bits per heavy atom. The fourth-order valence-corrected chi connectivity index (χ4v) is 3.07. The monoisotopic (exact) mass is 328 g/mol. The molecule has 0 aliphatic carbocycles. The molecule has 124 valence electrons. The number of hydrogen-bond donors (Lipinski definition) is 1. The average molecular weight is 328 g/mol. The van der Waals surface area contributed by atoms with Crippen LogP contribution in [0.2, 0.25) is 0 Å². The number of benzene rings is 3. The van der Waals surface area contributed by atoms with Crippen molar-refractivity contribution in [1.82, 2.24) is 9.97 Å². The van der Waals surface area contributed by atoms with E-state index in [1.807, 2.05) is 30.3 Å². The summed E-state index contributed by atoms with van der Waals surface area (Å²) >= 11 is 0. The van der Waals surface area contributed by atoms with Gasteiger partial charge in [0, 0.05) is 17.2 Å². The molecule has 0 aliphatic rings. The molecule has 0 radical (unpaired) electrons. The topological polar surface area (TPSA) is 37.9 Å². The fourth-order valence-electron chi connectivity index (χ4n) is 3.07. The minimum Gasteiger partial charge on any atom is -0.497 e. The summed E-state index contributed by atoms with van der Waals surface area (Å²) in [5, 5.41) is 0. The van der Waals surface area contributed by atoms with E-state index in [2.05, 4.69) is 49.2 Å². The molecule has 3 aromatic carbocycles. The van der Waals surface area contributed by atoms with Gasteiger partial charge in [-0.2, -0.15) is 0 Å². The molecule has 0 fully saturated rings. The first-order chi connectivity index (χ1) is 12.2. The molecule has 0 bridgehead atoms. The third-order valence-corrected chi connectivity index (χ3v) is 4.66. The first kappa shape index (κ1) is 15.5. The first-order valence-corrected chi connectivity index (χ1v) is 8.36. The Hall–Kier alpha value is -3.07. The van der Waals surface area contributed by atoms with E-state index >= 15 is 0 Å². The molecular weight excluding hydrogens is 308 g/mol. The van der Waals surface area contributed by atoms with E-state index in [4.69, 9.17) is 9.72 Å². The van der Waals surface area contributed by atoms with Crippen LogP contribution in [0.15, 0.2) is 60.7 Å². The molecule has 0 atom stereocenters. The Labute approximate surface area is 147 Å². The SMILES string of the molecule is COc1cc(-c2ccccc2)c2nc(-c3ccc(C)c(C)c3)[nH]c2c1. The van der Waals surface area contributed by atoms with E-state index < -0.39 is 0 Å². The molecular formula is C22H20N2O. The second kappa shape index (κ2) is 6.10. The van der Waals surface area contributed by atoms with Gasteiger partial charge in [-0.15, -0.1) is 0 Å². The molecule has 1 aromatic heterocycles. The van der Waals surface area contributed by atoms with E-state index in [0.29, 0.717) is 0 Å². The summed E-state index contributed by atoms with van der Waals surface area (Å²) in [6, 6.07) is 20.8. The molecule has 0 saturated carbocycles. The van der Waals surface area contributed by atoms with Crippen molar-refractivity contribution in [2.75, 3.05) is 7.11 Å². The molecule has 4 aromatic rings. The van der Waals surface area contributed by atoms with E-state index in [1.54, 1.807) is 7.11 Å². The predicted octanol–water partition coefficient (Wildman–Crippen LogP) is 5.52. The lowest BCUT2D eigenvalue weighted by molar-refractivity contribution is 0.415. The summed E-state index contributed by atoms with van der Waals surface area (Å²) in [6.45, 7) is 4.25. The average Bonchev–Trinajstić information content (AvgIpc) is 3.08. The lowest BCUT2D eigenvalue weighted by Crippen LogP contribution is -1.86. The van der Waals surface area contributed by atoms with Crippen molar-refractivity contribution >= 4 is 11.0 Å². The number of aromatic amines is 1. The number of H-pyrrole nitrogens is 1. The van der Waals surface area contributed by atoms with Crippen LogP contribution < -0.4 is 4.74 Å². The van der Waals surface area contributed by atoms with E-state index in [9.17, 15) is 0 Å². The van der Waals surface area contributed by atoms with Crippen LogP contribution in [0.4, 0.5) is 0 Å². The van der Waals surface area contributed by atoms with Crippen LogP contribution in [-0.2, 0) is 0 Å². The Morgan fingerprint density at radius 3 is 2.36 bits per heavy atom. The van der Waals surface area contributed by atoms with Crippen molar-refractivity contribution in [1.29, 1.82) is 0 Å². The predicted molar refractivity (Wildman–Crippen MR) is 103 cm³/mol. The summed E-state index contributed by atoms with van der Waals surface area (Å²) in [5.41, 5.74) is 7.78. The fraction of sp³-hybridized carbons (Fsp3) is 0.136. The van der Waals surface area contributed by atoms with Gasteiger partial charge in [0.05, 0.1) is 18.1 Å². The van der Waals surface area contributed by atoms with Gasteiger partial charge < -0.3 is 9.72 Å². The maximum atomic E-state index is 5.49. The number of ether oxygens (including phenoxy) is 1. The highest BCUT2D eigenvalue weighted by atomic mass is 16.5. The van der Waals surface area contributed by atoms with Gasteiger partial charge >= 0.3 is 0 Å². The zero-order valence-electron chi connectivity index (χ0n) is 14.6. The Morgan fingerprint density at radius 2 is 1.64 bits per heavy atom. The quantitative estimate of drug-likeness (QED) is 0.537. The van der Waals surface area contributed by atoms with Crippen LogP contribution in [0.3, 0.4) is 0 Å². The van der Waals surface area contributed by atoms with Crippen molar-refractivity contribution in [2.24, 2.45) is 0 Å². The summed E-state index contributed by atoms with van der Waals surface area (Å²) in [4.78, 5) is 8.35. The highest BCUT2D eigenvalue weighted by Gasteiger charge is 2.13. The van der Waals surface area contributed by atoms with Crippen molar-refractivity contribution in [3.05, 3.63) is 71.8 Å². The molecule has 1 heterocycles. The Balaban J connectivity index is 1.94. The standard InChI is InChI=1S/C22H20N2O/c1-14-9-10-17(11-15(14)2)22-23-20-13-18(25-3)12-19(21(20)24-22)16-7-5-4-6-8-16/h4-13H,1-3H3,(H,23,24). The van der Waals surface area contributed by atoms with Gasteiger partial charge in [0.2, 0.25) is 0 Å². The second-order valence-electron chi connectivity index (χ2n) is 6.32. The summed E-state index contributed by atoms with van der Waals surface area (Å²) in [7, 11) is 1.69. The van der Waals surface area contributed by atoms with Crippen molar-refractivity contribution in [3.8, 4) is 28.3 Å². The molecule has 3 nitrogen and oxygen atoms in total. The maximum absolute atomic E-state index is 5.49. The van der Waals surface area contributed by atoms with Gasteiger partial charge in [-0.1, -0.05) is 42.5 Å². The molecule has 4 rings (SSSR count). The van der Waals surface area contributed by atoms with E-state index in [-0.39, 0.29) is 0 Å². The van der Waals surface area contributed by atoms with Gasteiger partial charge in [-0.25, -0.2) is 4.98 Å². The number of methoxy groups -OCH3 is 1. The zero-order valence-corrected chi connectivity index (χ0v) is 14.6. The number of imidazole rings is 1. The van der Waals surface area contributed by atoms with Crippen LogP contribution in [0.5, 0.6) is 5.75 Å². The third kappa shape index (κ3) is 2.78. The van der Waals surface area contributed by atoms with Crippen molar-refractivity contribution in [3.63, 3.8) is 0 Å². The number of aromatic nitrogens is 2. The molecule has 0 unspecified atom stereocenters.